The van der Waals surface area contributed by atoms with Crippen LogP contribution in [0.5, 0.6) is 0 Å². The molecule has 4 atom stereocenters. The van der Waals surface area contributed by atoms with Crippen molar-refractivity contribution in [1.29, 1.82) is 0 Å². The first-order valence-corrected chi connectivity index (χ1v) is 11.9. The molecule has 0 saturated carbocycles. The summed E-state index contributed by atoms with van der Waals surface area (Å²) in [5.41, 5.74) is 3.43. The van der Waals surface area contributed by atoms with Gasteiger partial charge in [-0.3, -0.25) is 0 Å². The first-order valence-electron chi connectivity index (χ1n) is 11.9. The molecule has 4 heteroatoms. The summed E-state index contributed by atoms with van der Waals surface area (Å²) in [6, 6.07) is 15.1. The maximum Gasteiger partial charge on any atom is 0.338 e. The molecule has 0 N–H and O–H groups in total. The minimum atomic E-state index is -0.561. The van der Waals surface area contributed by atoms with Gasteiger partial charge >= 0.3 is 11.9 Å². The van der Waals surface area contributed by atoms with E-state index in [1.165, 1.54) is 11.1 Å². The highest BCUT2D eigenvalue weighted by Crippen LogP contribution is 2.22. The van der Waals surface area contributed by atoms with E-state index in [1.807, 2.05) is 24.3 Å². The molecule has 2 rings (SSSR count). The zero-order chi connectivity index (χ0) is 23.7. The molecule has 0 aliphatic carbocycles. The first-order chi connectivity index (χ1) is 15.3. The van der Waals surface area contributed by atoms with Crippen LogP contribution in [0.2, 0.25) is 0 Å². The molecule has 0 radical (unpaired) electrons. The summed E-state index contributed by atoms with van der Waals surface area (Å²) >= 11 is 0. The lowest BCUT2D eigenvalue weighted by Gasteiger charge is -2.21. The molecule has 4 nitrogen and oxygen atoms in total. The molecule has 0 spiro atoms. The third kappa shape index (κ3) is 7.22. The molecular formula is C28H38O4. The number of hydrogen-bond donors (Lipinski definition) is 0. The second-order valence-electron chi connectivity index (χ2n) is 8.84. The SMILES string of the molecule is CCCC(C)c1ccc(C(=O)OC(C)C(C)OC(=O)c2ccc(C(C)CCC)cc2)cc1. The highest BCUT2D eigenvalue weighted by molar-refractivity contribution is 5.90. The smallest absolute Gasteiger partial charge is 0.338 e. The van der Waals surface area contributed by atoms with Gasteiger partial charge in [-0.15, -0.1) is 0 Å². The van der Waals surface area contributed by atoms with Crippen LogP contribution in [0.4, 0.5) is 0 Å². The fraction of sp³-hybridized carbons (Fsp3) is 0.500. The zero-order valence-electron chi connectivity index (χ0n) is 20.4. The predicted molar refractivity (Wildman–Crippen MR) is 129 cm³/mol. The summed E-state index contributed by atoms with van der Waals surface area (Å²) in [4.78, 5) is 25.0. The van der Waals surface area contributed by atoms with E-state index in [2.05, 4.69) is 27.7 Å². The minimum absolute atomic E-state index is 0.413. The fourth-order valence-corrected chi connectivity index (χ4v) is 3.76. The molecule has 0 aromatic heterocycles. The number of hydrogen-bond acceptors (Lipinski definition) is 4. The molecule has 0 amide bonds. The molecule has 0 heterocycles. The third-order valence-electron chi connectivity index (χ3n) is 6.12. The molecule has 0 fully saturated rings. The van der Waals surface area contributed by atoms with Crippen LogP contribution in [-0.4, -0.2) is 24.1 Å². The Hall–Kier alpha value is -2.62. The molecule has 4 unspecified atom stereocenters. The molecule has 0 aliphatic rings. The van der Waals surface area contributed by atoms with Gasteiger partial charge in [-0.05, 0) is 73.9 Å². The van der Waals surface area contributed by atoms with Crippen LogP contribution in [0.25, 0.3) is 0 Å². The van der Waals surface area contributed by atoms with E-state index in [-0.39, 0.29) is 0 Å². The topological polar surface area (TPSA) is 52.6 Å². The summed E-state index contributed by atoms with van der Waals surface area (Å²) in [6.07, 6.45) is 3.36. The van der Waals surface area contributed by atoms with Gasteiger partial charge in [-0.1, -0.05) is 64.8 Å². The average molecular weight is 439 g/mol. The number of carbonyl (C=O) groups excluding carboxylic acids is 2. The van der Waals surface area contributed by atoms with Gasteiger partial charge in [-0.2, -0.15) is 0 Å². The van der Waals surface area contributed by atoms with Crippen LogP contribution in [0.3, 0.4) is 0 Å². The molecule has 2 aromatic rings. The third-order valence-corrected chi connectivity index (χ3v) is 6.12. The van der Waals surface area contributed by atoms with Crippen LogP contribution in [-0.2, 0) is 9.47 Å². The van der Waals surface area contributed by atoms with Crippen LogP contribution >= 0.6 is 0 Å². The number of ether oxygens (including phenoxy) is 2. The largest absolute Gasteiger partial charge is 0.455 e. The minimum Gasteiger partial charge on any atom is -0.455 e. The maximum absolute atomic E-state index is 12.5. The lowest BCUT2D eigenvalue weighted by atomic mass is 9.96. The van der Waals surface area contributed by atoms with Crippen molar-refractivity contribution in [3.63, 3.8) is 0 Å². The summed E-state index contributed by atoms with van der Waals surface area (Å²) < 4.78 is 11.1. The van der Waals surface area contributed by atoms with Crippen LogP contribution in [0.1, 0.15) is 111 Å². The van der Waals surface area contributed by atoms with Gasteiger partial charge in [0, 0.05) is 0 Å². The van der Waals surface area contributed by atoms with Gasteiger partial charge in [-0.25, -0.2) is 9.59 Å². The molecule has 0 saturated heterocycles. The average Bonchev–Trinajstić information content (AvgIpc) is 2.79. The first kappa shape index (κ1) is 25.6. The number of rotatable bonds is 11. The Morgan fingerprint density at radius 3 is 1.22 bits per heavy atom. The van der Waals surface area contributed by atoms with E-state index in [9.17, 15) is 9.59 Å². The maximum atomic E-state index is 12.5. The van der Waals surface area contributed by atoms with Gasteiger partial charge in [0.05, 0.1) is 11.1 Å². The second-order valence-corrected chi connectivity index (χ2v) is 8.84. The quantitative estimate of drug-likeness (QED) is 0.346. The molecule has 0 bridgehead atoms. The predicted octanol–water partition coefficient (Wildman–Crippen LogP) is 7.28. The molecular weight excluding hydrogens is 400 g/mol. The summed E-state index contributed by atoms with van der Waals surface area (Å²) in [5, 5.41) is 0. The molecule has 0 aliphatic heterocycles. The van der Waals surface area contributed by atoms with Crippen LogP contribution in [0, 0.1) is 0 Å². The van der Waals surface area contributed by atoms with Crippen molar-refractivity contribution in [2.24, 2.45) is 0 Å². The van der Waals surface area contributed by atoms with Crippen molar-refractivity contribution in [2.75, 3.05) is 0 Å². The van der Waals surface area contributed by atoms with E-state index in [1.54, 1.807) is 38.1 Å². The highest BCUT2D eigenvalue weighted by atomic mass is 16.6. The van der Waals surface area contributed by atoms with Crippen LogP contribution in [0.15, 0.2) is 48.5 Å². The lowest BCUT2D eigenvalue weighted by Crippen LogP contribution is -2.30. The monoisotopic (exact) mass is 438 g/mol. The Morgan fingerprint density at radius 1 is 0.625 bits per heavy atom. The van der Waals surface area contributed by atoms with Crippen LogP contribution < -0.4 is 0 Å². The van der Waals surface area contributed by atoms with Gasteiger partial charge in [0.2, 0.25) is 0 Å². The summed E-state index contributed by atoms with van der Waals surface area (Å²) in [7, 11) is 0. The van der Waals surface area contributed by atoms with E-state index < -0.39 is 24.1 Å². The van der Waals surface area contributed by atoms with Gasteiger partial charge < -0.3 is 9.47 Å². The van der Waals surface area contributed by atoms with Crippen molar-refractivity contribution in [1.82, 2.24) is 0 Å². The van der Waals surface area contributed by atoms with E-state index >= 15 is 0 Å². The second kappa shape index (κ2) is 12.4. The fourth-order valence-electron chi connectivity index (χ4n) is 3.76. The Kier molecular flexibility index (Phi) is 9.96. The molecule has 174 valence electrons. The number of benzene rings is 2. The highest BCUT2D eigenvalue weighted by Gasteiger charge is 2.22. The van der Waals surface area contributed by atoms with E-state index in [0.717, 1.165) is 25.7 Å². The van der Waals surface area contributed by atoms with Crippen molar-refractivity contribution in [3.8, 4) is 0 Å². The number of carbonyl (C=O) groups is 2. The summed E-state index contributed by atoms with van der Waals surface area (Å²) in [5.74, 6) is 0.105. The number of esters is 2. The van der Waals surface area contributed by atoms with E-state index in [4.69, 9.17) is 9.47 Å². The molecule has 2 aromatic carbocycles. The lowest BCUT2D eigenvalue weighted by molar-refractivity contribution is -0.0239. The summed E-state index contributed by atoms with van der Waals surface area (Å²) in [6.45, 7) is 12.2. The standard InChI is InChI=1S/C28H38O4/c1-7-9-19(3)23-11-15-25(16-12-23)27(29)31-21(5)22(6)32-28(30)26-17-13-24(14-18-26)20(4)10-8-2/h11-22H,7-10H2,1-6H3. The van der Waals surface area contributed by atoms with Crippen molar-refractivity contribution in [2.45, 2.75) is 91.3 Å². The zero-order valence-corrected chi connectivity index (χ0v) is 20.4. The Balaban J connectivity index is 1.91. The van der Waals surface area contributed by atoms with Gasteiger partial charge in [0.25, 0.3) is 0 Å². The van der Waals surface area contributed by atoms with Crippen molar-refractivity contribution >= 4 is 11.9 Å². The molecule has 32 heavy (non-hydrogen) atoms. The van der Waals surface area contributed by atoms with Gasteiger partial charge in [0.15, 0.2) is 0 Å². The van der Waals surface area contributed by atoms with E-state index in [0.29, 0.717) is 23.0 Å². The van der Waals surface area contributed by atoms with Crippen molar-refractivity contribution in [3.05, 3.63) is 70.8 Å². The van der Waals surface area contributed by atoms with Gasteiger partial charge in [0.1, 0.15) is 12.2 Å². The van der Waals surface area contributed by atoms with Crippen molar-refractivity contribution < 1.29 is 19.1 Å². The Morgan fingerprint density at radius 2 is 0.938 bits per heavy atom. The Labute approximate surface area is 193 Å². The normalized spacial score (nSPS) is 14.8. The Bertz CT molecular complexity index is 781.